The number of aldehydes is 1. The number of aryl methyl sites for hydroxylation is 1. The zero-order valence-electron chi connectivity index (χ0n) is 12.9. The monoisotopic (exact) mass is 322 g/mol. The first-order valence-corrected chi connectivity index (χ1v) is 7.26. The minimum Gasteiger partial charge on any atom is -0.346 e. The zero-order chi connectivity index (χ0) is 17.1. The van der Waals surface area contributed by atoms with Gasteiger partial charge < -0.3 is 5.32 Å². The van der Waals surface area contributed by atoms with E-state index >= 15 is 0 Å². The Morgan fingerprint density at radius 2 is 1.92 bits per heavy atom. The predicted molar refractivity (Wildman–Crippen MR) is 87.0 cm³/mol. The van der Waals surface area contributed by atoms with Crippen LogP contribution in [0.3, 0.4) is 0 Å². The van der Waals surface area contributed by atoms with E-state index in [2.05, 4.69) is 15.5 Å². The molecule has 0 radical (unpaired) electrons. The maximum atomic E-state index is 12.4. The number of benzene rings is 1. The van der Waals surface area contributed by atoms with E-state index in [-0.39, 0.29) is 17.9 Å². The molecule has 0 saturated heterocycles. The standard InChI is InChI=1S/C17H14N4O3/c1-11-2-4-12(5-3-11)8-18-16(23)15-17(24)21-9-13(10-22)6-7-14(21)19-20-15/h2-7,9-10H,8H2,1H3,(H,18,23). The van der Waals surface area contributed by atoms with Crippen LogP contribution in [0.1, 0.15) is 32.0 Å². The predicted octanol–water partition coefficient (Wildman–Crippen LogP) is 1.14. The second kappa shape index (κ2) is 6.41. The van der Waals surface area contributed by atoms with E-state index in [1.807, 2.05) is 31.2 Å². The van der Waals surface area contributed by atoms with Gasteiger partial charge in [0.15, 0.2) is 11.9 Å². The van der Waals surface area contributed by atoms with Gasteiger partial charge in [0.2, 0.25) is 5.69 Å². The van der Waals surface area contributed by atoms with Crippen molar-refractivity contribution in [2.75, 3.05) is 0 Å². The minimum atomic E-state index is -0.620. The molecule has 120 valence electrons. The summed E-state index contributed by atoms with van der Waals surface area (Å²) in [4.78, 5) is 35.4. The van der Waals surface area contributed by atoms with E-state index in [0.717, 1.165) is 15.5 Å². The summed E-state index contributed by atoms with van der Waals surface area (Å²) in [5, 5.41) is 10.2. The summed E-state index contributed by atoms with van der Waals surface area (Å²) in [5.74, 6) is -0.612. The molecular weight excluding hydrogens is 308 g/mol. The molecule has 0 aliphatic rings. The summed E-state index contributed by atoms with van der Waals surface area (Å²) >= 11 is 0. The van der Waals surface area contributed by atoms with E-state index < -0.39 is 11.5 Å². The van der Waals surface area contributed by atoms with E-state index in [1.54, 1.807) is 0 Å². The van der Waals surface area contributed by atoms with Crippen molar-refractivity contribution >= 4 is 17.8 Å². The number of nitrogens with one attached hydrogen (secondary N) is 1. The van der Waals surface area contributed by atoms with Crippen LogP contribution in [0.15, 0.2) is 47.4 Å². The van der Waals surface area contributed by atoms with Crippen molar-refractivity contribution in [2.24, 2.45) is 0 Å². The van der Waals surface area contributed by atoms with Crippen molar-refractivity contribution in [1.82, 2.24) is 19.9 Å². The Bertz CT molecular complexity index is 977. The number of rotatable bonds is 4. The lowest BCUT2D eigenvalue weighted by molar-refractivity contribution is 0.0942. The van der Waals surface area contributed by atoms with Gasteiger partial charge in [0.05, 0.1) is 0 Å². The largest absolute Gasteiger partial charge is 0.346 e. The molecule has 0 atom stereocenters. The molecule has 0 spiro atoms. The highest BCUT2D eigenvalue weighted by atomic mass is 16.2. The van der Waals surface area contributed by atoms with Crippen molar-refractivity contribution < 1.29 is 9.59 Å². The number of hydrogen-bond acceptors (Lipinski definition) is 5. The summed E-state index contributed by atoms with van der Waals surface area (Å²) in [7, 11) is 0. The van der Waals surface area contributed by atoms with Crippen LogP contribution in [0.2, 0.25) is 0 Å². The van der Waals surface area contributed by atoms with E-state index in [0.29, 0.717) is 11.8 Å². The maximum Gasteiger partial charge on any atom is 0.289 e. The number of carbonyl (C=O) groups excluding carboxylic acids is 2. The van der Waals surface area contributed by atoms with Crippen molar-refractivity contribution in [3.05, 3.63) is 75.3 Å². The van der Waals surface area contributed by atoms with Crippen LogP contribution >= 0.6 is 0 Å². The second-order valence-corrected chi connectivity index (χ2v) is 5.33. The van der Waals surface area contributed by atoms with Crippen molar-refractivity contribution in [1.29, 1.82) is 0 Å². The third-order valence-electron chi connectivity index (χ3n) is 3.55. The molecule has 7 heteroatoms. The SMILES string of the molecule is Cc1ccc(CNC(=O)c2nnc3ccc(C=O)cn3c2=O)cc1. The van der Waals surface area contributed by atoms with Crippen molar-refractivity contribution in [3.8, 4) is 0 Å². The topological polar surface area (TPSA) is 93.4 Å². The Morgan fingerprint density at radius 1 is 1.17 bits per heavy atom. The number of amides is 1. The Balaban J connectivity index is 1.86. The summed E-state index contributed by atoms with van der Waals surface area (Å²) in [6, 6.07) is 10.7. The molecule has 2 heterocycles. The fourth-order valence-corrected chi connectivity index (χ4v) is 2.20. The molecule has 0 bridgehead atoms. The third kappa shape index (κ3) is 3.05. The van der Waals surface area contributed by atoms with Crippen molar-refractivity contribution in [3.63, 3.8) is 0 Å². The molecule has 24 heavy (non-hydrogen) atoms. The Morgan fingerprint density at radius 3 is 2.62 bits per heavy atom. The number of hydrogen-bond donors (Lipinski definition) is 1. The van der Waals surface area contributed by atoms with Crippen LogP contribution in [0.25, 0.3) is 5.65 Å². The Labute approximate surface area is 137 Å². The average molecular weight is 322 g/mol. The highest BCUT2D eigenvalue weighted by Crippen LogP contribution is 2.03. The second-order valence-electron chi connectivity index (χ2n) is 5.33. The number of nitrogens with zero attached hydrogens (tertiary/aromatic N) is 3. The molecule has 1 aromatic carbocycles. The van der Waals surface area contributed by atoms with E-state index in [4.69, 9.17) is 0 Å². The molecule has 2 aromatic heterocycles. The first-order chi connectivity index (χ1) is 11.6. The molecule has 1 N–H and O–H groups in total. The smallest absolute Gasteiger partial charge is 0.289 e. The lowest BCUT2D eigenvalue weighted by Crippen LogP contribution is -2.33. The molecule has 0 aliphatic carbocycles. The van der Waals surface area contributed by atoms with E-state index in [1.165, 1.54) is 18.3 Å². The Hall–Kier alpha value is -3.35. The molecule has 3 aromatic rings. The van der Waals surface area contributed by atoms with Crippen LogP contribution in [-0.4, -0.2) is 26.8 Å². The van der Waals surface area contributed by atoms with E-state index in [9.17, 15) is 14.4 Å². The van der Waals surface area contributed by atoms with Gasteiger partial charge in [0.1, 0.15) is 0 Å². The van der Waals surface area contributed by atoms with Gasteiger partial charge >= 0.3 is 0 Å². The molecule has 7 nitrogen and oxygen atoms in total. The molecule has 0 fully saturated rings. The zero-order valence-corrected chi connectivity index (χ0v) is 12.9. The molecular formula is C17H14N4O3. The normalized spacial score (nSPS) is 10.5. The Kier molecular flexibility index (Phi) is 4.15. The van der Waals surface area contributed by atoms with Gasteiger partial charge in [-0.1, -0.05) is 29.8 Å². The summed E-state index contributed by atoms with van der Waals surface area (Å²) in [6.45, 7) is 2.25. The summed E-state index contributed by atoms with van der Waals surface area (Å²) in [5.41, 5.74) is 1.66. The molecule has 1 amide bonds. The average Bonchev–Trinajstić information content (AvgIpc) is 2.61. The first-order valence-electron chi connectivity index (χ1n) is 7.26. The van der Waals surface area contributed by atoms with Gasteiger partial charge in [-0.2, -0.15) is 0 Å². The van der Waals surface area contributed by atoms with Crippen LogP contribution in [0.5, 0.6) is 0 Å². The number of fused-ring (bicyclic) bond motifs is 1. The third-order valence-corrected chi connectivity index (χ3v) is 3.55. The van der Waals surface area contributed by atoms with Gasteiger partial charge in [0.25, 0.3) is 11.5 Å². The number of aromatic nitrogens is 3. The van der Waals surface area contributed by atoms with Gasteiger partial charge in [-0.15, -0.1) is 10.2 Å². The summed E-state index contributed by atoms with van der Waals surface area (Å²) < 4.78 is 1.14. The van der Waals surface area contributed by atoms with Crippen LogP contribution < -0.4 is 10.9 Å². The van der Waals surface area contributed by atoms with Crippen LogP contribution in [0, 0.1) is 6.92 Å². The highest BCUT2D eigenvalue weighted by Gasteiger charge is 2.15. The molecule has 0 unspecified atom stereocenters. The quantitative estimate of drug-likeness (QED) is 0.727. The fourth-order valence-electron chi connectivity index (χ4n) is 2.20. The lowest BCUT2D eigenvalue weighted by Gasteiger charge is -2.06. The number of pyridine rings is 1. The van der Waals surface area contributed by atoms with Gasteiger partial charge in [-0.3, -0.25) is 18.8 Å². The minimum absolute atomic E-state index is 0.265. The van der Waals surface area contributed by atoms with Crippen LogP contribution in [-0.2, 0) is 6.54 Å². The maximum absolute atomic E-state index is 12.4. The highest BCUT2D eigenvalue weighted by molar-refractivity contribution is 5.91. The molecule has 0 aliphatic heterocycles. The van der Waals surface area contributed by atoms with Gasteiger partial charge in [-0.25, -0.2) is 0 Å². The number of carbonyl (C=O) groups is 2. The molecule has 3 rings (SSSR count). The lowest BCUT2D eigenvalue weighted by atomic mass is 10.1. The van der Waals surface area contributed by atoms with Gasteiger partial charge in [0, 0.05) is 18.3 Å². The van der Waals surface area contributed by atoms with Crippen LogP contribution in [0.4, 0.5) is 0 Å². The summed E-state index contributed by atoms with van der Waals surface area (Å²) in [6.07, 6.45) is 1.94. The fraction of sp³-hybridized carbons (Fsp3) is 0.118. The first kappa shape index (κ1) is 15.5. The van der Waals surface area contributed by atoms with Gasteiger partial charge in [-0.05, 0) is 24.6 Å². The van der Waals surface area contributed by atoms with Crippen molar-refractivity contribution in [2.45, 2.75) is 13.5 Å². The molecule has 0 saturated carbocycles.